The number of nitrogens with zero attached hydrogens (tertiary/aromatic N) is 3. The molecule has 2 aromatic carbocycles. The minimum atomic E-state index is -0.711. The molecule has 3 aromatic rings. The Morgan fingerprint density at radius 1 is 1.16 bits per heavy atom. The molecule has 0 aliphatic carbocycles. The molecule has 1 heterocycles. The first-order valence-electron chi connectivity index (χ1n) is 7.52. The molecule has 0 radical (unpaired) electrons. The van der Waals surface area contributed by atoms with Gasteiger partial charge in [0.05, 0.1) is 11.6 Å². The molecule has 3 rings (SSSR count). The van der Waals surface area contributed by atoms with Crippen molar-refractivity contribution in [1.82, 2.24) is 10.2 Å². The van der Waals surface area contributed by atoms with Crippen molar-refractivity contribution in [1.29, 1.82) is 5.26 Å². The maximum Gasteiger partial charge on any atom is 0.266 e. The van der Waals surface area contributed by atoms with Crippen molar-refractivity contribution in [3.8, 4) is 22.4 Å². The van der Waals surface area contributed by atoms with Crippen LogP contribution >= 0.6 is 11.3 Å². The van der Waals surface area contributed by atoms with Gasteiger partial charge in [-0.3, -0.25) is 10.1 Å². The van der Waals surface area contributed by atoms with Gasteiger partial charge in [0.1, 0.15) is 10.8 Å². The number of aromatic nitrogens is 2. The first-order chi connectivity index (χ1) is 12.2. The lowest BCUT2D eigenvalue weighted by atomic mass is 10.2. The molecule has 0 spiro atoms. The largest absolute Gasteiger partial charge is 0.481 e. The molecule has 0 bridgehead atoms. The summed E-state index contributed by atoms with van der Waals surface area (Å²) in [5.74, 6) is 0.198. The highest BCUT2D eigenvalue weighted by atomic mass is 32.1. The van der Waals surface area contributed by atoms with Gasteiger partial charge in [0.25, 0.3) is 5.91 Å². The molecule has 25 heavy (non-hydrogen) atoms. The van der Waals surface area contributed by atoms with Crippen LogP contribution in [0, 0.1) is 11.3 Å². The molecule has 0 saturated heterocycles. The molecule has 1 atom stereocenters. The van der Waals surface area contributed by atoms with E-state index >= 15 is 0 Å². The number of hydrogen-bond acceptors (Lipinski definition) is 6. The fourth-order valence-electron chi connectivity index (χ4n) is 2.04. The predicted octanol–water partition coefficient (Wildman–Crippen LogP) is 3.48. The molecule has 1 aromatic heterocycles. The molecular formula is C18H14N4O2S. The van der Waals surface area contributed by atoms with Crippen molar-refractivity contribution < 1.29 is 9.53 Å². The molecule has 6 nitrogen and oxygen atoms in total. The normalized spacial score (nSPS) is 11.4. The Kier molecular flexibility index (Phi) is 5.02. The van der Waals surface area contributed by atoms with Crippen LogP contribution in [0.2, 0.25) is 0 Å². The van der Waals surface area contributed by atoms with E-state index in [4.69, 9.17) is 10.00 Å². The van der Waals surface area contributed by atoms with Gasteiger partial charge in [-0.1, -0.05) is 41.7 Å². The smallest absolute Gasteiger partial charge is 0.266 e. The van der Waals surface area contributed by atoms with Crippen LogP contribution < -0.4 is 10.1 Å². The Morgan fingerprint density at radius 2 is 1.88 bits per heavy atom. The first kappa shape index (κ1) is 16.6. The lowest BCUT2D eigenvalue weighted by molar-refractivity contribution is -0.122. The van der Waals surface area contributed by atoms with Crippen LogP contribution in [0.1, 0.15) is 12.5 Å². The van der Waals surface area contributed by atoms with E-state index in [0.29, 0.717) is 16.4 Å². The molecule has 7 heteroatoms. The summed E-state index contributed by atoms with van der Waals surface area (Å²) in [6, 6.07) is 18.2. The van der Waals surface area contributed by atoms with Gasteiger partial charge in [-0.15, -0.1) is 10.2 Å². The maximum absolute atomic E-state index is 12.2. The minimum Gasteiger partial charge on any atom is -0.481 e. The van der Waals surface area contributed by atoms with E-state index in [0.717, 1.165) is 10.6 Å². The van der Waals surface area contributed by atoms with Gasteiger partial charge in [-0.2, -0.15) is 5.26 Å². The Labute approximate surface area is 148 Å². The van der Waals surface area contributed by atoms with E-state index in [9.17, 15) is 4.79 Å². The van der Waals surface area contributed by atoms with Crippen LogP contribution in [0.5, 0.6) is 5.75 Å². The predicted molar refractivity (Wildman–Crippen MR) is 95.2 cm³/mol. The van der Waals surface area contributed by atoms with Crippen LogP contribution in [-0.4, -0.2) is 22.2 Å². The topological polar surface area (TPSA) is 87.9 Å². The van der Waals surface area contributed by atoms with Crippen molar-refractivity contribution in [2.24, 2.45) is 0 Å². The standard InChI is InChI=1S/C18H14N4O2S/c1-12(24-15-9-7-13(11-19)8-10-15)16(23)20-18-22-21-17(25-18)14-5-3-2-4-6-14/h2-10,12H,1H3,(H,20,22,23). The van der Waals surface area contributed by atoms with E-state index in [1.165, 1.54) is 11.3 Å². The van der Waals surface area contributed by atoms with Crippen molar-refractivity contribution >= 4 is 22.4 Å². The number of rotatable bonds is 5. The van der Waals surface area contributed by atoms with Gasteiger partial charge in [0.15, 0.2) is 6.10 Å². The van der Waals surface area contributed by atoms with Gasteiger partial charge in [-0.05, 0) is 31.2 Å². The second kappa shape index (κ2) is 7.55. The third kappa shape index (κ3) is 4.19. The molecule has 0 aliphatic rings. The van der Waals surface area contributed by atoms with Crippen molar-refractivity contribution in [3.05, 3.63) is 60.2 Å². The number of nitriles is 1. The van der Waals surface area contributed by atoms with E-state index in [2.05, 4.69) is 15.5 Å². The van der Waals surface area contributed by atoms with Crippen LogP contribution in [0.25, 0.3) is 10.6 Å². The van der Waals surface area contributed by atoms with Crippen molar-refractivity contribution in [3.63, 3.8) is 0 Å². The van der Waals surface area contributed by atoms with Crippen LogP contribution in [0.4, 0.5) is 5.13 Å². The summed E-state index contributed by atoms with van der Waals surface area (Å²) >= 11 is 1.30. The van der Waals surface area contributed by atoms with Gasteiger partial charge in [0, 0.05) is 5.56 Å². The Balaban J connectivity index is 1.61. The highest BCUT2D eigenvalue weighted by Gasteiger charge is 2.17. The summed E-state index contributed by atoms with van der Waals surface area (Å²) < 4.78 is 5.57. The summed E-state index contributed by atoms with van der Waals surface area (Å²) in [4.78, 5) is 12.2. The van der Waals surface area contributed by atoms with E-state index < -0.39 is 6.10 Å². The zero-order chi connectivity index (χ0) is 17.6. The highest BCUT2D eigenvalue weighted by molar-refractivity contribution is 7.18. The molecular weight excluding hydrogens is 336 g/mol. The van der Waals surface area contributed by atoms with Crippen LogP contribution in [0.3, 0.4) is 0 Å². The minimum absolute atomic E-state index is 0.319. The van der Waals surface area contributed by atoms with Gasteiger partial charge >= 0.3 is 0 Å². The number of anilines is 1. The third-order valence-electron chi connectivity index (χ3n) is 3.34. The molecule has 124 valence electrons. The quantitative estimate of drug-likeness (QED) is 0.761. The fourth-order valence-corrected chi connectivity index (χ4v) is 2.80. The Bertz CT molecular complexity index is 901. The second-order valence-electron chi connectivity index (χ2n) is 5.16. The Morgan fingerprint density at radius 3 is 2.56 bits per heavy atom. The van der Waals surface area contributed by atoms with Crippen molar-refractivity contribution in [2.45, 2.75) is 13.0 Å². The van der Waals surface area contributed by atoms with Crippen LogP contribution in [-0.2, 0) is 4.79 Å². The average molecular weight is 350 g/mol. The van der Waals surface area contributed by atoms with Crippen molar-refractivity contribution in [2.75, 3.05) is 5.32 Å². The monoisotopic (exact) mass is 350 g/mol. The number of hydrogen-bond donors (Lipinski definition) is 1. The summed E-state index contributed by atoms with van der Waals surface area (Å²) in [6.45, 7) is 1.65. The average Bonchev–Trinajstić information content (AvgIpc) is 3.11. The summed E-state index contributed by atoms with van der Waals surface area (Å²) in [5, 5.41) is 20.7. The van der Waals surface area contributed by atoms with Crippen LogP contribution in [0.15, 0.2) is 54.6 Å². The number of benzene rings is 2. The highest BCUT2D eigenvalue weighted by Crippen LogP contribution is 2.26. The SMILES string of the molecule is CC(Oc1ccc(C#N)cc1)C(=O)Nc1nnc(-c2ccccc2)s1. The summed E-state index contributed by atoms with van der Waals surface area (Å²) in [7, 11) is 0. The lowest BCUT2D eigenvalue weighted by Gasteiger charge is -2.13. The number of amides is 1. The lowest BCUT2D eigenvalue weighted by Crippen LogP contribution is -2.30. The number of carbonyl (C=O) groups is 1. The molecule has 1 amide bonds. The van der Waals surface area contributed by atoms with Gasteiger partial charge in [0.2, 0.25) is 5.13 Å². The molecule has 0 aliphatic heterocycles. The molecule has 0 fully saturated rings. The summed E-state index contributed by atoms with van der Waals surface area (Å²) in [6.07, 6.45) is -0.711. The molecule has 1 unspecified atom stereocenters. The zero-order valence-corrected chi connectivity index (χ0v) is 14.2. The maximum atomic E-state index is 12.2. The first-order valence-corrected chi connectivity index (χ1v) is 8.34. The molecule has 1 N–H and O–H groups in total. The zero-order valence-electron chi connectivity index (χ0n) is 13.3. The van der Waals surface area contributed by atoms with E-state index in [1.54, 1.807) is 31.2 Å². The summed E-state index contributed by atoms with van der Waals surface area (Å²) in [5.41, 5.74) is 1.48. The Hall–Kier alpha value is -3.24. The third-order valence-corrected chi connectivity index (χ3v) is 4.23. The molecule has 0 saturated carbocycles. The number of nitrogens with one attached hydrogen (secondary N) is 1. The second-order valence-corrected chi connectivity index (χ2v) is 6.14. The van der Waals surface area contributed by atoms with E-state index in [-0.39, 0.29) is 5.91 Å². The number of ether oxygens (including phenoxy) is 1. The van der Waals surface area contributed by atoms with Gasteiger partial charge in [-0.25, -0.2) is 0 Å². The van der Waals surface area contributed by atoms with E-state index in [1.807, 2.05) is 36.4 Å². The number of carbonyl (C=O) groups excluding carboxylic acids is 1. The fraction of sp³-hybridized carbons (Fsp3) is 0.111. The van der Waals surface area contributed by atoms with Gasteiger partial charge < -0.3 is 4.74 Å².